The highest BCUT2D eigenvalue weighted by Crippen LogP contribution is 2.16. The van der Waals surface area contributed by atoms with E-state index in [2.05, 4.69) is 31.3 Å². The van der Waals surface area contributed by atoms with Crippen LogP contribution in [0.5, 0.6) is 0 Å². The van der Waals surface area contributed by atoms with Crippen LogP contribution in [0.2, 0.25) is 0 Å². The summed E-state index contributed by atoms with van der Waals surface area (Å²) in [5.74, 6) is -0.0892. The third-order valence-electron chi connectivity index (χ3n) is 12.7. The van der Waals surface area contributed by atoms with Gasteiger partial charge in [-0.05, 0) is 57.8 Å². The summed E-state index contributed by atoms with van der Waals surface area (Å²) in [6.07, 6.45) is 61.8. The van der Waals surface area contributed by atoms with Gasteiger partial charge in [0.25, 0.3) is 0 Å². The van der Waals surface area contributed by atoms with Gasteiger partial charge in [0.1, 0.15) is 0 Å². The summed E-state index contributed by atoms with van der Waals surface area (Å²) in [5, 5.41) is 23.1. The second kappa shape index (κ2) is 52.0. The van der Waals surface area contributed by atoms with Crippen LogP contribution in [0.1, 0.15) is 296 Å². The van der Waals surface area contributed by atoms with Crippen molar-refractivity contribution >= 4 is 11.9 Å². The van der Waals surface area contributed by atoms with Crippen molar-refractivity contribution in [1.29, 1.82) is 0 Å². The lowest BCUT2D eigenvalue weighted by Crippen LogP contribution is -2.45. The predicted octanol–water partition coefficient (Wildman–Crippen LogP) is 16.7. The molecule has 3 N–H and O–H groups in total. The van der Waals surface area contributed by atoms with Crippen LogP contribution in [0, 0.1) is 0 Å². The minimum atomic E-state index is -0.851. The van der Waals surface area contributed by atoms with Crippen molar-refractivity contribution in [3.8, 4) is 0 Å². The van der Waals surface area contributed by atoms with Gasteiger partial charge < -0.3 is 20.3 Å². The van der Waals surface area contributed by atoms with Gasteiger partial charge in [0.15, 0.2) is 0 Å². The Balaban J connectivity index is 3.48. The molecule has 2 atom stereocenters. The molecular weight excluding hydrogens is 767 g/mol. The zero-order valence-electron chi connectivity index (χ0n) is 41.6. The summed E-state index contributed by atoms with van der Waals surface area (Å²) in [6, 6.07) is -0.636. The second-order valence-corrected chi connectivity index (χ2v) is 18.9. The number of rotatable bonds is 51. The highest BCUT2D eigenvalue weighted by molar-refractivity contribution is 5.76. The Morgan fingerprint density at radius 3 is 1.15 bits per heavy atom. The molecule has 0 rings (SSSR count). The van der Waals surface area contributed by atoms with E-state index in [1.54, 1.807) is 6.08 Å². The lowest BCUT2D eigenvalue weighted by molar-refractivity contribution is -0.143. The maximum Gasteiger partial charge on any atom is 0.305 e. The fourth-order valence-electron chi connectivity index (χ4n) is 8.45. The van der Waals surface area contributed by atoms with E-state index in [1.165, 1.54) is 212 Å². The zero-order valence-corrected chi connectivity index (χ0v) is 41.6. The maximum absolute atomic E-state index is 12.5. The topological polar surface area (TPSA) is 95.9 Å². The standard InChI is InChI=1S/C56H107NO5/c1-3-5-7-9-11-13-15-17-19-20-21-24-28-32-36-40-44-48-54(59)53(52-58)57-55(60)49-45-41-37-33-29-25-22-23-27-31-35-39-43-47-51-62-56(61)50-46-42-38-34-30-26-18-16-14-12-10-8-6-4-2/h16,18,44,48,53-54,58-59H,3-15,17,19-43,45-47,49-52H2,1-2H3,(H,57,60)/b18-16-,48-44+. The van der Waals surface area contributed by atoms with Crippen molar-refractivity contribution in [1.82, 2.24) is 5.32 Å². The summed E-state index contributed by atoms with van der Waals surface area (Å²) >= 11 is 0. The smallest absolute Gasteiger partial charge is 0.305 e. The zero-order chi connectivity index (χ0) is 45.1. The molecule has 0 aliphatic heterocycles. The first-order valence-corrected chi connectivity index (χ1v) is 27.6. The van der Waals surface area contributed by atoms with Crippen LogP contribution >= 0.6 is 0 Å². The van der Waals surface area contributed by atoms with Crippen LogP contribution < -0.4 is 5.32 Å². The SMILES string of the molecule is CCCCCCC/C=C\CCCCCCCC(=O)OCCCCCCCCCCCCCCCCC(=O)NC(CO)C(O)/C=C/CCCCCCCCCCCCCCCCC. The molecule has 2 unspecified atom stereocenters. The largest absolute Gasteiger partial charge is 0.466 e. The average Bonchev–Trinajstić information content (AvgIpc) is 3.27. The molecule has 0 heterocycles. The van der Waals surface area contributed by atoms with E-state index in [4.69, 9.17) is 4.74 Å². The number of allylic oxidation sites excluding steroid dienone is 3. The van der Waals surface area contributed by atoms with Crippen molar-refractivity contribution in [3.05, 3.63) is 24.3 Å². The fourth-order valence-corrected chi connectivity index (χ4v) is 8.45. The van der Waals surface area contributed by atoms with Crippen molar-refractivity contribution in [3.63, 3.8) is 0 Å². The highest BCUT2D eigenvalue weighted by atomic mass is 16.5. The number of hydrogen-bond acceptors (Lipinski definition) is 5. The molecule has 0 aromatic heterocycles. The van der Waals surface area contributed by atoms with Crippen LogP contribution in [-0.4, -0.2) is 47.4 Å². The van der Waals surface area contributed by atoms with Crippen LogP contribution in [-0.2, 0) is 14.3 Å². The molecule has 0 fully saturated rings. The highest BCUT2D eigenvalue weighted by Gasteiger charge is 2.18. The lowest BCUT2D eigenvalue weighted by atomic mass is 10.0. The van der Waals surface area contributed by atoms with Gasteiger partial charge in [-0.15, -0.1) is 0 Å². The fraction of sp³-hybridized carbons (Fsp3) is 0.893. The number of unbranched alkanes of at least 4 members (excludes halogenated alkanes) is 38. The predicted molar refractivity (Wildman–Crippen MR) is 269 cm³/mol. The average molecular weight is 874 g/mol. The molecule has 0 bridgehead atoms. The molecule has 0 saturated carbocycles. The number of nitrogens with one attached hydrogen (secondary N) is 1. The molecule has 6 heteroatoms. The Bertz CT molecular complexity index is 966. The molecule has 0 aliphatic carbocycles. The molecule has 0 aromatic carbocycles. The third-order valence-corrected chi connectivity index (χ3v) is 12.7. The van der Waals surface area contributed by atoms with Crippen molar-refractivity contribution < 1.29 is 24.5 Å². The Labute approximate surface area is 386 Å². The Morgan fingerprint density at radius 2 is 0.758 bits per heavy atom. The Hall–Kier alpha value is -1.66. The molecular formula is C56H107NO5. The molecule has 366 valence electrons. The van der Waals surface area contributed by atoms with Gasteiger partial charge >= 0.3 is 5.97 Å². The third kappa shape index (κ3) is 47.8. The normalized spacial score (nSPS) is 12.8. The summed E-state index contributed by atoms with van der Waals surface area (Å²) in [6.45, 7) is 4.88. The lowest BCUT2D eigenvalue weighted by Gasteiger charge is -2.20. The summed E-state index contributed by atoms with van der Waals surface area (Å²) in [5.41, 5.74) is 0. The van der Waals surface area contributed by atoms with Gasteiger partial charge in [-0.25, -0.2) is 0 Å². The van der Waals surface area contributed by atoms with Gasteiger partial charge in [-0.1, -0.05) is 250 Å². The molecule has 1 amide bonds. The first-order chi connectivity index (χ1) is 30.5. The van der Waals surface area contributed by atoms with E-state index < -0.39 is 12.1 Å². The molecule has 62 heavy (non-hydrogen) atoms. The number of ether oxygens (including phenoxy) is 1. The number of esters is 1. The van der Waals surface area contributed by atoms with Gasteiger partial charge in [0, 0.05) is 12.8 Å². The first-order valence-electron chi connectivity index (χ1n) is 27.6. The van der Waals surface area contributed by atoms with Gasteiger partial charge in [-0.2, -0.15) is 0 Å². The number of aliphatic hydroxyl groups is 2. The number of aliphatic hydroxyl groups excluding tert-OH is 2. The molecule has 0 saturated heterocycles. The Kier molecular flexibility index (Phi) is 50.6. The number of hydrogen-bond donors (Lipinski definition) is 3. The molecule has 0 spiro atoms. The van der Waals surface area contributed by atoms with E-state index in [0.717, 1.165) is 57.8 Å². The molecule has 6 nitrogen and oxygen atoms in total. The van der Waals surface area contributed by atoms with Crippen LogP contribution in [0.4, 0.5) is 0 Å². The molecule has 0 aromatic rings. The monoisotopic (exact) mass is 874 g/mol. The van der Waals surface area contributed by atoms with Crippen LogP contribution in [0.15, 0.2) is 24.3 Å². The van der Waals surface area contributed by atoms with E-state index in [9.17, 15) is 19.8 Å². The maximum atomic E-state index is 12.5. The van der Waals surface area contributed by atoms with Gasteiger partial charge in [0.05, 0.1) is 25.4 Å². The van der Waals surface area contributed by atoms with Crippen LogP contribution in [0.25, 0.3) is 0 Å². The van der Waals surface area contributed by atoms with Crippen LogP contribution in [0.3, 0.4) is 0 Å². The molecule has 0 aliphatic rings. The quantitative estimate of drug-likeness (QED) is 0.0321. The van der Waals surface area contributed by atoms with Crippen molar-refractivity contribution in [2.75, 3.05) is 13.2 Å². The first kappa shape index (κ1) is 60.3. The minimum absolute atomic E-state index is 0.0119. The van der Waals surface area contributed by atoms with E-state index in [0.29, 0.717) is 19.4 Å². The summed E-state index contributed by atoms with van der Waals surface area (Å²) < 4.78 is 5.46. The summed E-state index contributed by atoms with van der Waals surface area (Å²) in [4.78, 5) is 24.5. The number of carbonyl (C=O) groups excluding carboxylic acids is 2. The van der Waals surface area contributed by atoms with Gasteiger partial charge in [0.2, 0.25) is 5.91 Å². The number of carbonyl (C=O) groups is 2. The molecule has 0 radical (unpaired) electrons. The summed E-state index contributed by atoms with van der Waals surface area (Å²) in [7, 11) is 0. The van der Waals surface area contributed by atoms with Crippen molar-refractivity contribution in [2.45, 2.75) is 309 Å². The Morgan fingerprint density at radius 1 is 0.435 bits per heavy atom. The van der Waals surface area contributed by atoms with E-state index >= 15 is 0 Å². The minimum Gasteiger partial charge on any atom is -0.466 e. The number of amides is 1. The van der Waals surface area contributed by atoms with Gasteiger partial charge in [-0.3, -0.25) is 9.59 Å². The van der Waals surface area contributed by atoms with Crippen molar-refractivity contribution in [2.24, 2.45) is 0 Å². The second-order valence-electron chi connectivity index (χ2n) is 18.9. The van der Waals surface area contributed by atoms with E-state index in [1.807, 2.05) is 6.08 Å². The van der Waals surface area contributed by atoms with E-state index in [-0.39, 0.29) is 18.5 Å².